The highest BCUT2D eigenvalue weighted by Crippen LogP contribution is 2.25. The second-order valence-corrected chi connectivity index (χ2v) is 7.58. The van der Waals surface area contributed by atoms with Crippen LogP contribution in [0, 0.1) is 0 Å². The molecule has 0 radical (unpaired) electrons. The summed E-state index contributed by atoms with van der Waals surface area (Å²) in [5.41, 5.74) is 3.93. The van der Waals surface area contributed by atoms with Gasteiger partial charge < -0.3 is 9.73 Å². The normalized spacial score (nSPS) is 15.9. The summed E-state index contributed by atoms with van der Waals surface area (Å²) in [4.78, 5) is 14.6. The summed E-state index contributed by atoms with van der Waals surface area (Å²) in [6.07, 6.45) is 3.47. The molecule has 3 aromatic rings. The lowest BCUT2D eigenvalue weighted by Gasteiger charge is -2.28. The molecular formula is C24H28N2O2. The Balaban J connectivity index is 1.52. The third-order valence-corrected chi connectivity index (χ3v) is 5.72. The van der Waals surface area contributed by atoms with E-state index >= 15 is 0 Å². The lowest BCUT2D eigenvalue weighted by molar-refractivity contribution is 0.238. The molecule has 1 aliphatic heterocycles. The molecule has 0 unspecified atom stereocenters. The largest absolute Gasteiger partial charge is 0.423 e. The van der Waals surface area contributed by atoms with Crippen LogP contribution in [0.4, 0.5) is 0 Å². The molecule has 0 saturated carbocycles. The molecule has 0 aliphatic carbocycles. The topological polar surface area (TPSA) is 45.5 Å². The first-order valence-electron chi connectivity index (χ1n) is 10.3. The monoisotopic (exact) mass is 376 g/mol. The van der Waals surface area contributed by atoms with Gasteiger partial charge >= 0.3 is 5.63 Å². The van der Waals surface area contributed by atoms with Crippen molar-refractivity contribution in [1.29, 1.82) is 0 Å². The zero-order chi connectivity index (χ0) is 19.3. The van der Waals surface area contributed by atoms with Crippen molar-refractivity contribution in [3.05, 3.63) is 81.7 Å². The predicted octanol–water partition coefficient (Wildman–Crippen LogP) is 4.28. The van der Waals surface area contributed by atoms with E-state index in [0.29, 0.717) is 18.2 Å². The third kappa shape index (κ3) is 4.18. The van der Waals surface area contributed by atoms with Crippen molar-refractivity contribution in [3.8, 4) is 0 Å². The highest BCUT2D eigenvalue weighted by atomic mass is 16.4. The van der Waals surface area contributed by atoms with E-state index in [1.807, 2.05) is 6.07 Å². The number of benzene rings is 2. The Morgan fingerprint density at radius 1 is 1.07 bits per heavy atom. The molecule has 4 heteroatoms. The lowest BCUT2D eigenvalue weighted by atomic mass is 10.0. The van der Waals surface area contributed by atoms with Gasteiger partial charge in [0.25, 0.3) is 0 Å². The molecule has 1 N–H and O–H groups in total. The average Bonchev–Trinajstić information content (AvgIpc) is 3.25. The van der Waals surface area contributed by atoms with E-state index in [2.05, 4.69) is 59.6 Å². The molecule has 0 bridgehead atoms. The summed E-state index contributed by atoms with van der Waals surface area (Å²) < 4.78 is 5.43. The second-order valence-electron chi connectivity index (χ2n) is 7.58. The van der Waals surface area contributed by atoms with Gasteiger partial charge in [-0.1, -0.05) is 49.4 Å². The first-order valence-corrected chi connectivity index (χ1v) is 10.3. The zero-order valence-corrected chi connectivity index (χ0v) is 16.5. The molecule has 2 aromatic carbocycles. The van der Waals surface area contributed by atoms with Gasteiger partial charge in [-0.05, 0) is 55.1 Å². The molecule has 1 atom stereocenters. The summed E-state index contributed by atoms with van der Waals surface area (Å²) in [5, 5.41) is 4.62. The van der Waals surface area contributed by atoms with Crippen molar-refractivity contribution in [2.45, 2.75) is 38.8 Å². The van der Waals surface area contributed by atoms with Crippen LogP contribution in [0.3, 0.4) is 0 Å². The van der Waals surface area contributed by atoms with Crippen LogP contribution in [0.1, 0.15) is 42.5 Å². The maximum Gasteiger partial charge on any atom is 0.336 e. The Kier molecular flexibility index (Phi) is 5.89. The van der Waals surface area contributed by atoms with Gasteiger partial charge in [0.2, 0.25) is 0 Å². The molecule has 146 valence electrons. The number of rotatable bonds is 7. The van der Waals surface area contributed by atoms with Crippen LogP contribution in [0.25, 0.3) is 11.0 Å². The van der Waals surface area contributed by atoms with Gasteiger partial charge in [-0.3, -0.25) is 4.90 Å². The van der Waals surface area contributed by atoms with Gasteiger partial charge in [-0.15, -0.1) is 0 Å². The van der Waals surface area contributed by atoms with E-state index in [4.69, 9.17) is 4.42 Å². The maximum absolute atomic E-state index is 12.0. The molecule has 2 heterocycles. The highest BCUT2D eigenvalue weighted by Gasteiger charge is 2.23. The molecular weight excluding hydrogens is 348 g/mol. The number of nitrogens with one attached hydrogen (secondary N) is 1. The molecule has 1 saturated heterocycles. The average molecular weight is 377 g/mol. The predicted molar refractivity (Wildman–Crippen MR) is 114 cm³/mol. The minimum Gasteiger partial charge on any atom is -0.423 e. The summed E-state index contributed by atoms with van der Waals surface area (Å²) in [5.74, 6) is 0. The van der Waals surface area contributed by atoms with E-state index < -0.39 is 0 Å². The summed E-state index contributed by atoms with van der Waals surface area (Å²) in [6.45, 7) is 5.92. The first kappa shape index (κ1) is 18.9. The Morgan fingerprint density at radius 3 is 2.61 bits per heavy atom. The van der Waals surface area contributed by atoms with E-state index in [9.17, 15) is 4.79 Å². The maximum atomic E-state index is 12.0. The SMILES string of the molecule is CCc1ccc2c(CNC[C@H](c3ccccc3)N3CCCC3)cc(=O)oc2c1. The number of likely N-dealkylation sites (tertiary alicyclic amines) is 1. The van der Waals surface area contributed by atoms with E-state index in [0.717, 1.165) is 37.0 Å². The summed E-state index contributed by atoms with van der Waals surface area (Å²) in [7, 11) is 0. The molecule has 0 spiro atoms. The molecule has 1 fully saturated rings. The van der Waals surface area contributed by atoms with Crippen LogP contribution in [0.5, 0.6) is 0 Å². The molecule has 4 nitrogen and oxygen atoms in total. The smallest absolute Gasteiger partial charge is 0.336 e. The van der Waals surface area contributed by atoms with Crippen LogP contribution in [0.2, 0.25) is 0 Å². The highest BCUT2D eigenvalue weighted by molar-refractivity contribution is 5.80. The molecule has 0 amide bonds. The van der Waals surface area contributed by atoms with Crippen molar-refractivity contribution in [2.24, 2.45) is 0 Å². The Bertz CT molecular complexity index is 975. The molecule has 1 aromatic heterocycles. The van der Waals surface area contributed by atoms with E-state index in [1.54, 1.807) is 6.07 Å². The number of aryl methyl sites for hydroxylation is 1. The number of hydrogen-bond donors (Lipinski definition) is 1. The van der Waals surface area contributed by atoms with Crippen molar-refractivity contribution in [3.63, 3.8) is 0 Å². The fourth-order valence-corrected chi connectivity index (χ4v) is 4.17. The van der Waals surface area contributed by atoms with Crippen molar-refractivity contribution < 1.29 is 4.42 Å². The van der Waals surface area contributed by atoms with Gasteiger partial charge in [-0.2, -0.15) is 0 Å². The van der Waals surface area contributed by atoms with Crippen molar-refractivity contribution in [1.82, 2.24) is 10.2 Å². The summed E-state index contributed by atoms with van der Waals surface area (Å²) >= 11 is 0. The van der Waals surface area contributed by atoms with Crippen molar-refractivity contribution >= 4 is 11.0 Å². The number of nitrogens with zero attached hydrogens (tertiary/aromatic N) is 1. The van der Waals surface area contributed by atoms with Crippen LogP contribution < -0.4 is 10.9 Å². The first-order chi connectivity index (χ1) is 13.7. The van der Waals surface area contributed by atoms with Crippen molar-refractivity contribution in [2.75, 3.05) is 19.6 Å². The molecule has 4 rings (SSSR count). The van der Waals surface area contributed by atoms with Gasteiger partial charge in [0.05, 0.1) is 0 Å². The third-order valence-electron chi connectivity index (χ3n) is 5.72. The van der Waals surface area contributed by atoms with Crippen LogP contribution >= 0.6 is 0 Å². The fraction of sp³-hybridized carbons (Fsp3) is 0.375. The van der Waals surface area contributed by atoms with Gasteiger partial charge in [0.15, 0.2) is 0 Å². The van der Waals surface area contributed by atoms with Gasteiger partial charge in [-0.25, -0.2) is 4.79 Å². The summed E-state index contributed by atoms with van der Waals surface area (Å²) in [6, 6.07) is 18.9. The van der Waals surface area contributed by atoms with Crippen LogP contribution in [0.15, 0.2) is 63.8 Å². The Labute approximate surface area is 166 Å². The standard InChI is InChI=1S/C24H28N2O2/c1-2-18-10-11-21-20(15-24(27)28-23(21)14-18)16-25-17-22(26-12-6-7-13-26)19-8-4-3-5-9-19/h3-5,8-11,14-15,22,25H,2,6-7,12-13,16-17H2,1H3/t22-/m1/s1. The minimum absolute atomic E-state index is 0.281. The minimum atomic E-state index is -0.281. The van der Waals surface area contributed by atoms with Crippen LogP contribution in [-0.4, -0.2) is 24.5 Å². The zero-order valence-electron chi connectivity index (χ0n) is 16.5. The Morgan fingerprint density at radius 2 is 1.86 bits per heavy atom. The van der Waals surface area contributed by atoms with Crippen LogP contribution in [-0.2, 0) is 13.0 Å². The number of hydrogen-bond acceptors (Lipinski definition) is 4. The van der Waals surface area contributed by atoms with E-state index in [1.165, 1.54) is 24.0 Å². The quantitative estimate of drug-likeness (QED) is 0.625. The molecule has 28 heavy (non-hydrogen) atoms. The fourth-order valence-electron chi connectivity index (χ4n) is 4.17. The Hall–Kier alpha value is -2.43. The lowest BCUT2D eigenvalue weighted by Crippen LogP contribution is -2.34. The second kappa shape index (κ2) is 8.72. The molecule has 1 aliphatic rings. The van der Waals surface area contributed by atoms with E-state index in [-0.39, 0.29) is 5.63 Å². The van der Waals surface area contributed by atoms with Gasteiger partial charge in [0.1, 0.15) is 5.58 Å². The number of fused-ring (bicyclic) bond motifs is 1. The van der Waals surface area contributed by atoms with Gasteiger partial charge in [0, 0.05) is 30.6 Å².